The summed E-state index contributed by atoms with van der Waals surface area (Å²) >= 11 is 0. The van der Waals surface area contributed by atoms with Gasteiger partial charge in [-0.3, -0.25) is 14.6 Å². The van der Waals surface area contributed by atoms with Crippen LogP contribution in [0.25, 0.3) is 22.4 Å². The first kappa shape index (κ1) is 21.2. The van der Waals surface area contributed by atoms with E-state index >= 15 is 0 Å². The highest BCUT2D eigenvalue weighted by Crippen LogP contribution is 2.23. The largest absolute Gasteiger partial charge is 0.379 e. The van der Waals surface area contributed by atoms with Crippen molar-refractivity contribution < 1.29 is 9.13 Å². The number of nitrogens with one attached hydrogen (secondary N) is 1. The number of anilines is 2. The van der Waals surface area contributed by atoms with Crippen molar-refractivity contribution in [1.82, 2.24) is 29.6 Å². The first-order valence-corrected chi connectivity index (χ1v) is 10.9. The molecule has 3 aromatic heterocycles. The molecule has 1 aromatic carbocycles. The summed E-state index contributed by atoms with van der Waals surface area (Å²) in [5.41, 5.74) is 4.20. The van der Waals surface area contributed by atoms with Gasteiger partial charge in [-0.25, -0.2) is 14.4 Å². The third-order valence-corrected chi connectivity index (χ3v) is 5.51. The van der Waals surface area contributed by atoms with Gasteiger partial charge in [-0.2, -0.15) is 5.10 Å². The number of pyridine rings is 1. The lowest BCUT2D eigenvalue weighted by molar-refractivity contribution is 0.0360. The van der Waals surface area contributed by atoms with Gasteiger partial charge in [0.15, 0.2) is 0 Å². The Bertz CT molecular complexity index is 1210. The topological polar surface area (TPSA) is 81.0 Å². The summed E-state index contributed by atoms with van der Waals surface area (Å²) in [5.74, 6) is 0.0288. The third kappa shape index (κ3) is 5.39. The number of hydrogen-bond donors (Lipinski definition) is 1. The number of nitrogens with zero attached hydrogens (tertiary/aromatic N) is 6. The highest BCUT2D eigenvalue weighted by Gasteiger charge is 2.11. The van der Waals surface area contributed by atoms with Crippen molar-refractivity contribution in [3.05, 3.63) is 73.2 Å². The van der Waals surface area contributed by atoms with Crippen molar-refractivity contribution in [3.8, 4) is 22.4 Å². The second-order valence-electron chi connectivity index (χ2n) is 7.81. The van der Waals surface area contributed by atoms with Crippen molar-refractivity contribution in [2.45, 2.75) is 6.54 Å². The molecule has 1 saturated heterocycles. The van der Waals surface area contributed by atoms with Crippen LogP contribution in [0, 0.1) is 5.82 Å². The first-order valence-electron chi connectivity index (χ1n) is 10.9. The van der Waals surface area contributed by atoms with E-state index in [4.69, 9.17) is 4.74 Å². The van der Waals surface area contributed by atoms with Crippen molar-refractivity contribution in [2.24, 2.45) is 0 Å². The Morgan fingerprint density at radius 2 is 1.79 bits per heavy atom. The van der Waals surface area contributed by atoms with Crippen molar-refractivity contribution in [3.63, 3.8) is 0 Å². The van der Waals surface area contributed by atoms with Crippen LogP contribution in [0.1, 0.15) is 0 Å². The number of rotatable bonds is 7. The number of ether oxygens (including phenoxy) is 1. The Kier molecular flexibility index (Phi) is 6.32. The number of aromatic nitrogens is 5. The molecule has 0 amide bonds. The molecule has 0 unspecified atom stereocenters. The lowest BCUT2D eigenvalue weighted by Gasteiger charge is -2.26. The molecule has 0 atom stereocenters. The van der Waals surface area contributed by atoms with Crippen LogP contribution in [-0.2, 0) is 11.3 Å². The van der Waals surface area contributed by atoms with E-state index in [1.54, 1.807) is 18.5 Å². The molecule has 0 bridgehead atoms. The first-order chi connectivity index (χ1) is 16.2. The van der Waals surface area contributed by atoms with Gasteiger partial charge in [0, 0.05) is 55.0 Å². The zero-order valence-electron chi connectivity index (χ0n) is 18.1. The molecular weight excluding hydrogens is 421 g/mol. The maximum absolute atomic E-state index is 13.5. The van der Waals surface area contributed by atoms with Gasteiger partial charge in [-0.05, 0) is 29.8 Å². The van der Waals surface area contributed by atoms with Crippen molar-refractivity contribution >= 4 is 11.6 Å². The molecule has 1 N–H and O–H groups in total. The van der Waals surface area contributed by atoms with Gasteiger partial charge in [0.25, 0.3) is 0 Å². The summed E-state index contributed by atoms with van der Waals surface area (Å²) in [6.45, 7) is 5.40. The van der Waals surface area contributed by atoms with E-state index in [9.17, 15) is 4.39 Å². The summed E-state index contributed by atoms with van der Waals surface area (Å²) in [6, 6.07) is 11.1. The SMILES string of the molecule is Fc1cncc(-c2ccnc(Nc3ccc(-c4cnn(CCN5CCOCC5)c4)cc3)n2)c1. The van der Waals surface area contributed by atoms with Crippen LogP contribution in [0.3, 0.4) is 0 Å². The summed E-state index contributed by atoms with van der Waals surface area (Å²) in [4.78, 5) is 15.0. The Hall–Kier alpha value is -3.69. The minimum absolute atomic E-state index is 0.402. The molecule has 168 valence electrons. The van der Waals surface area contributed by atoms with Gasteiger partial charge < -0.3 is 10.1 Å². The quantitative estimate of drug-likeness (QED) is 0.465. The molecule has 8 nitrogen and oxygen atoms in total. The molecule has 9 heteroatoms. The predicted molar refractivity (Wildman–Crippen MR) is 123 cm³/mol. The minimum Gasteiger partial charge on any atom is -0.379 e. The highest BCUT2D eigenvalue weighted by molar-refractivity contribution is 5.67. The minimum atomic E-state index is -0.402. The normalized spacial score (nSPS) is 14.3. The molecule has 4 aromatic rings. The van der Waals surface area contributed by atoms with Crippen LogP contribution in [0.15, 0.2) is 67.4 Å². The summed E-state index contributed by atoms with van der Waals surface area (Å²) in [5, 5.41) is 7.70. The van der Waals surface area contributed by atoms with Crippen LogP contribution < -0.4 is 5.32 Å². The average Bonchev–Trinajstić information content (AvgIpc) is 3.33. The zero-order valence-corrected chi connectivity index (χ0v) is 18.1. The number of hydrogen-bond acceptors (Lipinski definition) is 7. The molecule has 0 spiro atoms. The molecule has 33 heavy (non-hydrogen) atoms. The Balaban J connectivity index is 1.22. The predicted octanol–water partition coefficient (Wildman–Crippen LogP) is 3.62. The van der Waals surface area contributed by atoms with Gasteiger partial charge in [-0.1, -0.05) is 12.1 Å². The zero-order chi connectivity index (χ0) is 22.5. The van der Waals surface area contributed by atoms with Crippen molar-refractivity contribution in [1.29, 1.82) is 0 Å². The van der Waals surface area contributed by atoms with Crippen LogP contribution in [-0.4, -0.2) is 62.5 Å². The average molecular weight is 446 g/mol. The molecular formula is C24H24FN7O. The molecule has 1 aliphatic heterocycles. The molecule has 1 fully saturated rings. The number of halogens is 1. The molecule has 0 radical (unpaired) electrons. The van der Waals surface area contributed by atoms with E-state index in [1.807, 2.05) is 35.1 Å². The summed E-state index contributed by atoms with van der Waals surface area (Å²) in [6.07, 6.45) is 8.34. The molecule has 0 aliphatic carbocycles. The fraction of sp³-hybridized carbons (Fsp3) is 0.250. The Morgan fingerprint density at radius 3 is 2.61 bits per heavy atom. The number of morpholine rings is 1. The van der Waals surface area contributed by atoms with Gasteiger partial charge in [0.05, 0.1) is 37.8 Å². The smallest absolute Gasteiger partial charge is 0.227 e. The fourth-order valence-corrected chi connectivity index (χ4v) is 3.71. The maximum Gasteiger partial charge on any atom is 0.227 e. The Morgan fingerprint density at radius 1 is 0.939 bits per heavy atom. The van der Waals surface area contributed by atoms with E-state index in [1.165, 1.54) is 12.3 Å². The second kappa shape index (κ2) is 9.85. The van der Waals surface area contributed by atoms with Crippen LogP contribution in [0.2, 0.25) is 0 Å². The highest BCUT2D eigenvalue weighted by atomic mass is 19.1. The van der Waals surface area contributed by atoms with Crippen LogP contribution in [0.4, 0.5) is 16.0 Å². The van der Waals surface area contributed by atoms with E-state index in [2.05, 4.69) is 36.5 Å². The monoisotopic (exact) mass is 445 g/mol. The second-order valence-corrected chi connectivity index (χ2v) is 7.81. The van der Waals surface area contributed by atoms with E-state index in [0.717, 1.165) is 56.2 Å². The van der Waals surface area contributed by atoms with Crippen LogP contribution >= 0.6 is 0 Å². The van der Waals surface area contributed by atoms with Gasteiger partial charge >= 0.3 is 0 Å². The third-order valence-electron chi connectivity index (χ3n) is 5.51. The Labute approximate surface area is 191 Å². The lowest BCUT2D eigenvalue weighted by atomic mass is 10.1. The van der Waals surface area contributed by atoms with E-state index in [-0.39, 0.29) is 0 Å². The number of benzene rings is 1. The fourth-order valence-electron chi connectivity index (χ4n) is 3.71. The maximum atomic E-state index is 13.5. The van der Waals surface area contributed by atoms with Gasteiger partial charge in [-0.15, -0.1) is 0 Å². The van der Waals surface area contributed by atoms with E-state index in [0.29, 0.717) is 17.2 Å². The van der Waals surface area contributed by atoms with Crippen LogP contribution in [0.5, 0.6) is 0 Å². The summed E-state index contributed by atoms with van der Waals surface area (Å²) < 4.78 is 20.9. The summed E-state index contributed by atoms with van der Waals surface area (Å²) in [7, 11) is 0. The standard InChI is InChI=1S/C24H24FN7O/c25-21-13-19(14-26-16-21)23-5-6-27-24(30-23)29-22-3-1-18(2-4-22)20-15-28-32(17-20)8-7-31-9-11-33-12-10-31/h1-6,13-17H,7-12H2,(H,27,29,30). The van der Waals surface area contributed by atoms with Crippen molar-refractivity contribution in [2.75, 3.05) is 38.2 Å². The molecule has 4 heterocycles. The van der Waals surface area contributed by atoms with E-state index < -0.39 is 5.82 Å². The van der Waals surface area contributed by atoms with Gasteiger partial charge in [0.1, 0.15) is 5.82 Å². The molecule has 1 aliphatic rings. The molecule has 0 saturated carbocycles. The lowest BCUT2D eigenvalue weighted by Crippen LogP contribution is -2.38. The molecule has 5 rings (SSSR count). The van der Waals surface area contributed by atoms with Gasteiger partial charge in [0.2, 0.25) is 5.95 Å².